The molecule has 0 spiro atoms. The first-order valence-corrected chi connectivity index (χ1v) is 13.7. The quantitative estimate of drug-likeness (QED) is 0.196. The van der Waals surface area contributed by atoms with Crippen LogP contribution in [0, 0.1) is 18.2 Å². The van der Waals surface area contributed by atoms with E-state index in [1.807, 2.05) is 26.0 Å². The normalized spacial score (nSPS) is 9.94. The van der Waals surface area contributed by atoms with Crippen molar-refractivity contribution in [3.63, 3.8) is 0 Å². The summed E-state index contributed by atoms with van der Waals surface area (Å²) >= 11 is 6.20. The summed E-state index contributed by atoms with van der Waals surface area (Å²) in [5, 5.41) is 0.949. The molecule has 0 fully saturated rings. The molecule has 0 saturated carbocycles. The summed E-state index contributed by atoms with van der Waals surface area (Å²) in [6.07, 6.45) is 13.7. The van der Waals surface area contributed by atoms with Crippen LogP contribution >= 0.6 is 22.9 Å². The van der Waals surface area contributed by atoms with Crippen molar-refractivity contribution in [1.82, 2.24) is 4.98 Å². The van der Waals surface area contributed by atoms with Gasteiger partial charge in [-0.1, -0.05) is 30.4 Å². The number of hydrogen-bond donors (Lipinski definition) is 0. The predicted octanol–water partition coefficient (Wildman–Crippen LogP) is 7.83. The zero-order valence-electron chi connectivity index (χ0n) is 20.2. The monoisotopic (exact) mass is 519 g/mol. The zero-order valence-corrected chi connectivity index (χ0v) is 22.6. The van der Waals surface area contributed by atoms with Gasteiger partial charge in [-0.25, -0.2) is 17.8 Å². The minimum atomic E-state index is -3.24. The Hall–Kier alpha value is -2.72. The van der Waals surface area contributed by atoms with Crippen LogP contribution in [0.2, 0.25) is 0 Å². The number of thiazole rings is 1. The van der Waals surface area contributed by atoms with E-state index in [1.165, 1.54) is 24.8 Å². The molecular weight excluding hydrogens is 489 g/mol. The van der Waals surface area contributed by atoms with Gasteiger partial charge in [0, 0.05) is 24.6 Å². The number of aromatic nitrogens is 1. The number of alkyl halides is 1. The standard InChI is InChI=1S/C20H18FNO2S2.C3H6.C3H4.CH3Cl/c1-3-4-5-18-22-19(14-6-10-16(21)11-7-14)20(25-18)15-8-12-17(13-9-15)26(2,23)24;2*1-3-2;1-2/h3-4,6-13H,5H2,1-2H3;3H,1H2,2H3;1H,2H3;1H3/b4-3-;;;. The maximum atomic E-state index is 13.3. The maximum Gasteiger partial charge on any atom is 0.175 e. The molecule has 1 aromatic heterocycles. The SMILES string of the molecule is C#CC.C/C=C\Cc1nc(-c2ccc(F)cc2)c(-c2ccc(S(C)(=O)=O)cc2)s1.C=CC.CCl. The molecule has 0 bridgehead atoms. The molecule has 0 aliphatic heterocycles. The van der Waals surface area contributed by atoms with Crippen LogP contribution in [0.1, 0.15) is 25.8 Å². The van der Waals surface area contributed by atoms with Crippen LogP contribution in [-0.4, -0.2) is 26.0 Å². The Kier molecular flexibility index (Phi) is 15.5. The Morgan fingerprint density at radius 2 is 1.56 bits per heavy atom. The van der Waals surface area contributed by atoms with Gasteiger partial charge in [0.1, 0.15) is 5.82 Å². The Labute approximate surface area is 213 Å². The second kappa shape index (κ2) is 16.8. The van der Waals surface area contributed by atoms with Gasteiger partial charge in [0.15, 0.2) is 9.84 Å². The Bertz CT molecular complexity index is 1170. The van der Waals surface area contributed by atoms with E-state index in [1.54, 1.807) is 60.7 Å². The van der Waals surface area contributed by atoms with E-state index in [0.717, 1.165) is 33.1 Å². The fraction of sp³-hybridized carbons (Fsp3) is 0.222. The molecule has 0 atom stereocenters. The second-order valence-electron chi connectivity index (χ2n) is 6.56. The first-order valence-electron chi connectivity index (χ1n) is 10.2. The van der Waals surface area contributed by atoms with Gasteiger partial charge >= 0.3 is 0 Å². The Morgan fingerprint density at radius 3 is 2.00 bits per heavy atom. The van der Waals surface area contributed by atoms with Gasteiger partial charge in [-0.2, -0.15) is 0 Å². The molecule has 0 radical (unpaired) electrons. The molecule has 0 unspecified atom stereocenters. The molecule has 2 aromatic carbocycles. The summed E-state index contributed by atoms with van der Waals surface area (Å²) in [6, 6.07) is 13.0. The number of benzene rings is 2. The lowest BCUT2D eigenvalue weighted by molar-refractivity contribution is 0.602. The highest BCUT2D eigenvalue weighted by molar-refractivity contribution is 7.90. The summed E-state index contributed by atoms with van der Waals surface area (Å²) in [7, 11) is -3.24. The summed E-state index contributed by atoms with van der Waals surface area (Å²) in [4.78, 5) is 5.94. The molecule has 3 aromatic rings. The molecule has 0 N–H and O–H groups in total. The lowest BCUT2D eigenvalue weighted by Gasteiger charge is -2.04. The number of nitrogens with zero attached hydrogens (tertiary/aromatic N) is 1. The molecular formula is C27H31ClFNO2S2. The summed E-state index contributed by atoms with van der Waals surface area (Å²) in [5.74, 6) is 1.96. The van der Waals surface area contributed by atoms with Crippen molar-refractivity contribution in [2.45, 2.75) is 32.1 Å². The van der Waals surface area contributed by atoms with Crippen molar-refractivity contribution in [3.05, 3.63) is 84.2 Å². The minimum Gasteiger partial charge on any atom is -0.240 e. The molecule has 3 rings (SSSR count). The number of terminal acetylenes is 1. The molecule has 0 amide bonds. The van der Waals surface area contributed by atoms with Gasteiger partial charge < -0.3 is 0 Å². The topological polar surface area (TPSA) is 47.0 Å². The number of rotatable bonds is 5. The van der Waals surface area contributed by atoms with Crippen molar-refractivity contribution < 1.29 is 12.8 Å². The zero-order chi connectivity index (χ0) is 26.1. The minimum absolute atomic E-state index is 0.281. The van der Waals surface area contributed by atoms with E-state index in [4.69, 9.17) is 4.98 Å². The van der Waals surface area contributed by atoms with Gasteiger partial charge in [-0.05, 0) is 62.7 Å². The number of halogens is 2. The van der Waals surface area contributed by atoms with Crippen LogP contribution in [0.15, 0.2) is 78.2 Å². The first kappa shape index (κ1) is 31.3. The van der Waals surface area contributed by atoms with Gasteiger partial charge in [0.2, 0.25) is 0 Å². The van der Waals surface area contributed by atoms with Gasteiger partial charge in [-0.15, -0.1) is 41.9 Å². The lowest BCUT2D eigenvalue weighted by Crippen LogP contribution is -1.96. The van der Waals surface area contributed by atoms with Gasteiger partial charge in [-0.3, -0.25) is 0 Å². The maximum absolute atomic E-state index is 13.3. The van der Waals surface area contributed by atoms with Crippen LogP contribution < -0.4 is 0 Å². The van der Waals surface area contributed by atoms with E-state index >= 15 is 0 Å². The van der Waals surface area contributed by atoms with Crippen molar-refractivity contribution in [3.8, 4) is 34.0 Å². The molecule has 0 saturated heterocycles. The lowest BCUT2D eigenvalue weighted by atomic mass is 10.1. The second-order valence-corrected chi connectivity index (χ2v) is 9.66. The van der Waals surface area contributed by atoms with Crippen molar-refractivity contribution in [2.24, 2.45) is 0 Å². The van der Waals surface area contributed by atoms with Crippen molar-refractivity contribution in [1.29, 1.82) is 0 Å². The van der Waals surface area contributed by atoms with Gasteiger partial charge in [0.05, 0.1) is 20.5 Å². The predicted molar refractivity (Wildman–Crippen MR) is 147 cm³/mol. The third-order valence-electron chi connectivity index (χ3n) is 3.86. The summed E-state index contributed by atoms with van der Waals surface area (Å²) in [6.45, 7) is 8.86. The van der Waals surface area contributed by atoms with Crippen LogP contribution in [0.4, 0.5) is 4.39 Å². The number of sulfone groups is 1. The van der Waals surface area contributed by atoms with E-state index in [-0.39, 0.29) is 10.7 Å². The van der Waals surface area contributed by atoms with Gasteiger partial charge in [0.25, 0.3) is 0 Å². The van der Waals surface area contributed by atoms with Crippen molar-refractivity contribution >= 4 is 32.8 Å². The van der Waals surface area contributed by atoms with E-state index in [9.17, 15) is 12.8 Å². The molecule has 0 aliphatic carbocycles. The van der Waals surface area contributed by atoms with Crippen LogP contribution in [0.25, 0.3) is 21.7 Å². The number of hydrogen-bond acceptors (Lipinski definition) is 4. The molecule has 0 aliphatic rings. The fourth-order valence-electron chi connectivity index (χ4n) is 2.52. The third-order valence-corrected chi connectivity index (χ3v) is 6.12. The highest BCUT2D eigenvalue weighted by Crippen LogP contribution is 2.37. The average Bonchev–Trinajstić information content (AvgIpc) is 3.24. The highest BCUT2D eigenvalue weighted by atomic mass is 35.5. The Balaban J connectivity index is 0.00000121. The molecule has 7 heteroatoms. The molecule has 1 heterocycles. The summed E-state index contributed by atoms with van der Waals surface area (Å²) in [5.41, 5.74) is 2.50. The van der Waals surface area contributed by atoms with Crippen LogP contribution in [0.5, 0.6) is 0 Å². The van der Waals surface area contributed by atoms with E-state index in [0.29, 0.717) is 0 Å². The smallest absolute Gasteiger partial charge is 0.175 e. The van der Waals surface area contributed by atoms with Crippen molar-refractivity contribution in [2.75, 3.05) is 12.6 Å². The van der Waals surface area contributed by atoms with Crippen LogP contribution in [-0.2, 0) is 16.3 Å². The molecule has 34 heavy (non-hydrogen) atoms. The molecule has 182 valence electrons. The fourth-order valence-corrected chi connectivity index (χ4v) is 4.22. The van der Waals surface area contributed by atoms with E-state index < -0.39 is 9.84 Å². The third kappa shape index (κ3) is 10.5. The Morgan fingerprint density at radius 1 is 1.09 bits per heavy atom. The summed E-state index contributed by atoms with van der Waals surface area (Å²) < 4.78 is 36.6. The largest absolute Gasteiger partial charge is 0.240 e. The number of allylic oxidation sites excluding steroid dienone is 3. The molecule has 3 nitrogen and oxygen atoms in total. The average molecular weight is 520 g/mol. The highest BCUT2D eigenvalue weighted by Gasteiger charge is 2.16. The van der Waals surface area contributed by atoms with E-state index in [2.05, 4.69) is 30.5 Å². The van der Waals surface area contributed by atoms with Crippen LogP contribution in [0.3, 0.4) is 0 Å². The first-order chi connectivity index (χ1) is 16.2.